The monoisotopic (exact) mass is 226 g/mol. The maximum Gasteiger partial charge on any atom is 0.319 e. The lowest BCUT2D eigenvalue weighted by atomic mass is 10.3. The fourth-order valence-corrected chi connectivity index (χ4v) is 1.30. The van der Waals surface area contributed by atoms with Crippen LogP contribution in [0.5, 0.6) is 0 Å². The van der Waals surface area contributed by atoms with E-state index in [0.717, 1.165) is 6.61 Å². The first-order valence-electron chi connectivity index (χ1n) is 4.66. The SMILES string of the molecule is O=C(NC[C@@H]1CO1)Nc1ccccc1Cl. The van der Waals surface area contributed by atoms with Gasteiger partial charge in [0.25, 0.3) is 0 Å². The number of epoxide rings is 1. The Hall–Kier alpha value is -1.26. The molecule has 0 spiro atoms. The molecule has 1 fully saturated rings. The van der Waals surface area contributed by atoms with E-state index in [4.69, 9.17) is 16.3 Å². The first kappa shape index (κ1) is 10.3. The van der Waals surface area contributed by atoms with Gasteiger partial charge in [0.2, 0.25) is 0 Å². The number of urea groups is 1. The normalized spacial score (nSPS) is 18.3. The van der Waals surface area contributed by atoms with Crippen molar-refractivity contribution < 1.29 is 9.53 Å². The van der Waals surface area contributed by atoms with Crippen molar-refractivity contribution in [1.29, 1.82) is 0 Å². The second-order valence-corrected chi connectivity index (χ2v) is 3.68. The number of carbonyl (C=O) groups excluding carboxylic acids is 1. The van der Waals surface area contributed by atoms with Crippen LogP contribution < -0.4 is 10.6 Å². The molecule has 2 N–H and O–H groups in total. The summed E-state index contributed by atoms with van der Waals surface area (Å²) in [6.45, 7) is 1.27. The molecule has 2 rings (SSSR count). The molecule has 1 aromatic carbocycles. The predicted molar refractivity (Wildman–Crippen MR) is 58.2 cm³/mol. The van der Waals surface area contributed by atoms with Gasteiger partial charge in [0.1, 0.15) is 0 Å². The molecule has 5 heteroatoms. The van der Waals surface area contributed by atoms with Crippen LogP contribution in [0.4, 0.5) is 10.5 Å². The molecule has 0 aromatic heterocycles. The molecule has 1 saturated heterocycles. The fraction of sp³-hybridized carbons (Fsp3) is 0.300. The van der Waals surface area contributed by atoms with E-state index in [2.05, 4.69) is 10.6 Å². The second kappa shape index (κ2) is 4.51. The number of para-hydroxylation sites is 1. The molecule has 0 aliphatic carbocycles. The molecule has 1 atom stereocenters. The van der Waals surface area contributed by atoms with Gasteiger partial charge in [-0.3, -0.25) is 0 Å². The zero-order valence-corrected chi connectivity index (χ0v) is 8.75. The van der Waals surface area contributed by atoms with Crippen molar-refractivity contribution in [2.75, 3.05) is 18.5 Å². The number of nitrogens with one attached hydrogen (secondary N) is 2. The van der Waals surface area contributed by atoms with Gasteiger partial charge in [-0.2, -0.15) is 0 Å². The lowest BCUT2D eigenvalue weighted by Gasteiger charge is -2.07. The topological polar surface area (TPSA) is 53.7 Å². The zero-order valence-electron chi connectivity index (χ0n) is 8.00. The smallest absolute Gasteiger partial charge is 0.319 e. The van der Waals surface area contributed by atoms with Crippen molar-refractivity contribution in [1.82, 2.24) is 5.32 Å². The largest absolute Gasteiger partial charge is 0.371 e. The van der Waals surface area contributed by atoms with Crippen LogP contribution in [-0.4, -0.2) is 25.3 Å². The highest BCUT2D eigenvalue weighted by Crippen LogP contribution is 2.20. The maximum atomic E-state index is 11.4. The van der Waals surface area contributed by atoms with E-state index < -0.39 is 0 Å². The molecule has 1 aliphatic rings. The van der Waals surface area contributed by atoms with Crippen LogP contribution in [0.2, 0.25) is 5.02 Å². The number of ether oxygens (including phenoxy) is 1. The highest BCUT2D eigenvalue weighted by molar-refractivity contribution is 6.33. The fourth-order valence-electron chi connectivity index (χ4n) is 1.12. The number of benzene rings is 1. The van der Waals surface area contributed by atoms with Crippen molar-refractivity contribution in [3.63, 3.8) is 0 Å². The number of carbonyl (C=O) groups is 1. The molecule has 80 valence electrons. The summed E-state index contributed by atoms with van der Waals surface area (Å²) in [4.78, 5) is 11.4. The first-order chi connectivity index (χ1) is 7.25. The van der Waals surface area contributed by atoms with Gasteiger partial charge in [-0.25, -0.2) is 4.79 Å². The number of amides is 2. The summed E-state index contributed by atoms with van der Waals surface area (Å²) in [7, 11) is 0. The van der Waals surface area contributed by atoms with Crippen LogP contribution in [-0.2, 0) is 4.74 Å². The van der Waals surface area contributed by atoms with Crippen LogP contribution in [0.25, 0.3) is 0 Å². The minimum atomic E-state index is -0.265. The van der Waals surface area contributed by atoms with Gasteiger partial charge in [-0.05, 0) is 12.1 Å². The minimum Gasteiger partial charge on any atom is -0.371 e. The van der Waals surface area contributed by atoms with Gasteiger partial charge in [-0.1, -0.05) is 23.7 Å². The summed E-state index contributed by atoms with van der Waals surface area (Å²) in [6, 6.07) is 6.82. The Kier molecular flexibility index (Phi) is 3.08. The van der Waals surface area contributed by atoms with E-state index in [1.807, 2.05) is 12.1 Å². The summed E-state index contributed by atoms with van der Waals surface area (Å²) < 4.78 is 4.96. The standard InChI is InChI=1S/C10H11ClN2O2/c11-8-3-1-2-4-9(8)13-10(14)12-5-7-6-15-7/h1-4,7H,5-6H2,(H2,12,13,14)/t7-/m1/s1. The number of hydrogen-bond donors (Lipinski definition) is 2. The molecule has 1 aliphatic heterocycles. The zero-order chi connectivity index (χ0) is 10.7. The average Bonchev–Trinajstić information content (AvgIpc) is 3.02. The van der Waals surface area contributed by atoms with Gasteiger partial charge in [0.05, 0.1) is 23.4 Å². The molecular weight excluding hydrogens is 216 g/mol. The third-order valence-electron chi connectivity index (χ3n) is 2.01. The third kappa shape index (κ3) is 3.11. The Morgan fingerprint density at radius 3 is 2.93 bits per heavy atom. The Balaban J connectivity index is 1.84. The Labute approximate surface area is 92.6 Å². The van der Waals surface area contributed by atoms with E-state index in [1.165, 1.54) is 0 Å². The summed E-state index contributed by atoms with van der Waals surface area (Å²) in [5.74, 6) is 0. The quantitative estimate of drug-likeness (QED) is 0.773. The average molecular weight is 227 g/mol. The summed E-state index contributed by atoms with van der Waals surface area (Å²) in [5, 5.41) is 5.87. The van der Waals surface area contributed by atoms with E-state index in [1.54, 1.807) is 12.1 Å². The van der Waals surface area contributed by atoms with Crippen LogP contribution in [0.3, 0.4) is 0 Å². The molecule has 1 aromatic rings. The van der Waals surface area contributed by atoms with Gasteiger partial charge in [0.15, 0.2) is 0 Å². The van der Waals surface area contributed by atoms with E-state index in [-0.39, 0.29) is 12.1 Å². The van der Waals surface area contributed by atoms with Crippen LogP contribution in [0, 0.1) is 0 Å². The lowest BCUT2D eigenvalue weighted by molar-refractivity contribution is 0.250. The molecule has 0 bridgehead atoms. The highest BCUT2D eigenvalue weighted by atomic mass is 35.5. The molecular formula is C10H11ClN2O2. The maximum absolute atomic E-state index is 11.4. The van der Waals surface area contributed by atoms with Gasteiger partial charge < -0.3 is 15.4 Å². The molecule has 0 radical (unpaired) electrons. The van der Waals surface area contributed by atoms with Gasteiger partial charge in [0, 0.05) is 6.54 Å². The minimum absolute atomic E-state index is 0.182. The van der Waals surface area contributed by atoms with Gasteiger partial charge in [-0.15, -0.1) is 0 Å². The van der Waals surface area contributed by atoms with Crippen molar-refractivity contribution in [3.8, 4) is 0 Å². The highest BCUT2D eigenvalue weighted by Gasteiger charge is 2.22. The number of hydrogen-bond acceptors (Lipinski definition) is 2. The molecule has 0 unspecified atom stereocenters. The molecule has 1 heterocycles. The van der Waals surface area contributed by atoms with Gasteiger partial charge >= 0.3 is 6.03 Å². The molecule has 2 amide bonds. The van der Waals surface area contributed by atoms with E-state index in [9.17, 15) is 4.79 Å². The van der Waals surface area contributed by atoms with Crippen molar-refractivity contribution in [2.24, 2.45) is 0 Å². The summed E-state index contributed by atoms with van der Waals surface area (Å²) in [5.41, 5.74) is 0.605. The van der Waals surface area contributed by atoms with Crippen molar-refractivity contribution in [2.45, 2.75) is 6.10 Å². The Morgan fingerprint density at radius 1 is 1.53 bits per heavy atom. The third-order valence-corrected chi connectivity index (χ3v) is 2.34. The van der Waals surface area contributed by atoms with E-state index in [0.29, 0.717) is 17.3 Å². The Bertz CT molecular complexity index is 366. The van der Waals surface area contributed by atoms with E-state index >= 15 is 0 Å². The molecule has 15 heavy (non-hydrogen) atoms. The van der Waals surface area contributed by atoms with Crippen molar-refractivity contribution >= 4 is 23.3 Å². The van der Waals surface area contributed by atoms with Crippen LogP contribution in [0.15, 0.2) is 24.3 Å². The number of anilines is 1. The van der Waals surface area contributed by atoms with Crippen LogP contribution in [0.1, 0.15) is 0 Å². The lowest BCUT2D eigenvalue weighted by Crippen LogP contribution is -2.31. The number of halogens is 1. The summed E-state index contributed by atoms with van der Waals surface area (Å²) in [6.07, 6.45) is 0.182. The second-order valence-electron chi connectivity index (χ2n) is 3.27. The van der Waals surface area contributed by atoms with Crippen LogP contribution >= 0.6 is 11.6 Å². The first-order valence-corrected chi connectivity index (χ1v) is 5.04. The molecule has 4 nitrogen and oxygen atoms in total. The predicted octanol–water partition coefficient (Wildman–Crippen LogP) is 1.86. The summed E-state index contributed by atoms with van der Waals surface area (Å²) >= 11 is 5.88. The van der Waals surface area contributed by atoms with Crippen molar-refractivity contribution in [3.05, 3.63) is 29.3 Å². The number of rotatable bonds is 3. The Morgan fingerprint density at radius 2 is 2.27 bits per heavy atom. The molecule has 0 saturated carbocycles.